The maximum atomic E-state index is 12.1. The lowest BCUT2D eigenvalue weighted by Crippen LogP contribution is -2.38. The largest absolute Gasteiger partial charge is 0.382 e. The van der Waals surface area contributed by atoms with Gasteiger partial charge in [-0.3, -0.25) is 4.79 Å². The van der Waals surface area contributed by atoms with E-state index < -0.39 is 5.60 Å². The Morgan fingerprint density at radius 3 is 1.89 bits per heavy atom. The van der Waals surface area contributed by atoms with Gasteiger partial charge in [0.25, 0.3) is 0 Å². The monoisotopic (exact) mass is 262 g/mol. The molecule has 0 saturated heterocycles. The topological polar surface area (TPSA) is 37.3 Å². The minimum absolute atomic E-state index is 0.0824. The van der Waals surface area contributed by atoms with Crippen molar-refractivity contribution in [2.75, 3.05) is 0 Å². The van der Waals surface area contributed by atoms with E-state index in [1.807, 2.05) is 26.0 Å². The number of aliphatic hydroxyl groups is 1. The molecule has 0 saturated carbocycles. The van der Waals surface area contributed by atoms with Crippen molar-refractivity contribution in [1.29, 1.82) is 0 Å². The molecule has 0 atom stereocenters. The van der Waals surface area contributed by atoms with Gasteiger partial charge < -0.3 is 5.11 Å². The Bertz CT molecular complexity index is 420. The summed E-state index contributed by atoms with van der Waals surface area (Å²) >= 11 is 0. The predicted molar refractivity (Wildman–Crippen MR) is 79.4 cm³/mol. The van der Waals surface area contributed by atoms with Crippen molar-refractivity contribution in [3.63, 3.8) is 0 Å². The van der Waals surface area contributed by atoms with Crippen LogP contribution in [0.5, 0.6) is 0 Å². The molecular weight excluding hydrogens is 236 g/mol. The van der Waals surface area contributed by atoms with Crippen LogP contribution in [0, 0.1) is 0 Å². The SMILES string of the molecule is CCC(O)(CC)C(=O)Cc1ccc(C(C)(C)C)cc1. The molecule has 1 aromatic carbocycles. The fraction of sp³-hybridized carbons (Fsp3) is 0.588. The first-order chi connectivity index (χ1) is 8.73. The van der Waals surface area contributed by atoms with Crippen molar-refractivity contribution in [1.82, 2.24) is 0 Å². The summed E-state index contributed by atoms with van der Waals surface area (Å²) in [6.45, 7) is 10.2. The van der Waals surface area contributed by atoms with Gasteiger partial charge in [0.1, 0.15) is 5.60 Å². The van der Waals surface area contributed by atoms with E-state index in [-0.39, 0.29) is 11.2 Å². The van der Waals surface area contributed by atoms with Gasteiger partial charge in [0.2, 0.25) is 0 Å². The smallest absolute Gasteiger partial charge is 0.168 e. The van der Waals surface area contributed by atoms with E-state index in [2.05, 4.69) is 32.9 Å². The maximum absolute atomic E-state index is 12.1. The molecule has 0 aliphatic heterocycles. The Morgan fingerprint density at radius 2 is 1.53 bits per heavy atom. The van der Waals surface area contributed by atoms with Crippen molar-refractivity contribution < 1.29 is 9.90 Å². The zero-order valence-corrected chi connectivity index (χ0v) is 12.8. The minimum atomic E-state index is -1.16. The molecule has 1 aromatic rings. The number of hydrogen-bond donors (Lipinski definition) is 1. The summed E-state index contributed by atoms with van der Waals surface area (Å²) < 4.78 is 0. The molecule has 2 nitrogen and oxygen atoms in total. The molecule has 106 valence electrons. The van der Waals surface area contributed by atoms with Crippen LogP contribution in [0.25, 0.3) is 0 Å². The molecule has 0 unspecified atom stereocenters. The zero-order chi connectivity index (χ0) is 14.7. The number of carbonyl (C=O) groups is 1. The molecule has 1 N–H and O–H groups in total. The average molecular weight is 262 g/mol. The summed E-state index contributed by atoms with van der Waals surface area (Å²) in [4.78, 5) is 12.1. The normalized spacial score (nSPS) is 12.5. The molecule has 0 fully saturated rings. The van der Waals surface area contributed by atoms with Gasteiger partial charge in [-0.15, -0.1) is 0 Å². The minimum Gasteiger partial charge on any atom is -0.382 e. The first-order valence-electron chi connectivity index (χ1n) is 7.08. The molecular formula is C17H26O2. The highest BCUT2D eigenvalue weighted by Crippen LogP contribution is 2.23. The highest BCUT2D eigenvalue weighted by molar-refractivity contribution is 5.88. The summed E-state index contributed by atoms with van der Waals surface area (Å²) in [5.41, 5.74) is 1.18. The fourth-order valence-electron chi connectivity index (χ4n) is 2.12. The van der Waals surface area contributed by atoms with Crippen molar-refractivity contribution in [2.45, 2.75) is 64.9 Å². The second-order valence-corrected chi connectivity index (χ2v) is 6.29. The van der Waals surface area contributed by atoms with Crippen LogP contribution < -0.4 is 0 Å². The number of rotatable bonds is 5. The van der Waals surface area contributed by atoms with Crippen LogP contribution in [0.15, 0.2) is 24.3 Å². The van der Waals surface area contributed by atoms with E-state index in [0.717, 1.165) is 5.56 Å². The molecule has 0 radical (unpaired) electrons. The summed E-state index contributed by atoms with van der Waals surface area (Å²) in [5, 5.41) is 10.2. The third kappa shape index (κ3) is 3.90. The van der Waals surface area contributed by atoms with Gasteiger partial charge in [0, 0.05) is 6.42 Å². The Kier molecular flexibility index (Phi) is 4.92. The second-order valence-electron chi connectivity index (χ2n) is 6.29. The molecule has 0 spiro atoms. The first-order valence-corrected chi connectivity index (χ1v) is 7.08. The van der Waals surface area contributed by atoms with E-state index in [1.165, 1.54) is 5.56 Å². The quantitative estimate of drug-likeness (QED) is 0.879. The molecule has 0 amide bonds. The Balaban J connectivity index is 2.82. The van der Waals surface area contributed by atoms with Crippen LogP contribution in [0.4, 0.5) is 0 Å². The predicted octanol–water partition coefficient (Wildman–Crippen LogP) is 3.65. The third-order valence-corrected chi connectivity index (χ3v) is 3.87. The number of benzene rings is 1. The third-order valence-electron chi connectivity index (χ3n) is 3.87. The molecule has 0 heterocycles. The summed E-state index contributed by atoms with van der Waals surface area (Å²) in [5.74, 6) is -0.0824. The lowest BCUT2D eigenvalue weighted by atomic mass is 9.85. The fourth-order valence-corrected chi connectivity index (χ4v) is 2.12. The number of Topliss-reactive ketones (excluding diaryl/α,β-unsaturated/α-hetero) is 1. The Hall–Kier alpha value is -1.15. The highest BCUT2D eigenvalue weighted by atomic mass is 16.3. The van der Waals surface area contributed by atoms with E-state index in [4.69, 9.17) is 0 Å². The number of carbonyl (C=O) groups excluding carboxylic acids is 1. The van der Waals surface area contributed by atoms with Gasteiger partial charge in [-0.2, -0.15) is 0 Å². The van der Waals surface area contributed by atoms with Gasteiger partial charge in [0.15, 0.2) is 5.78 Å². The van der Waals surface area contributed by atoms with E-state index in [9.17, 15) is 9.90 Å². The van der Waals surface area contributed by atoms with E-state index >= 15 is 0 Å². The van der Waals surface area contributed by atoms with Crippen molar-refractivity contribution in [2.24, 2.45) is 0 Å². The first kappa shape index (κ1) is 15.9. The molecule has 0 aliphatic carbocycles. The van der Waals surface area contributed by atoms with Crippen LogP contribution in [-0.4, -0.2) is 16.5 Å². The van der Waals surface area contributed by atoms with Gasteiger partial charge in [0.05, 0.1) is 0 Å². The summed E-state index contributed by atoms with van der Waals surface area (Å²) in [6.07, 6.45) is 1.26. The second kappa shape index (κ2) is 5.87. The zero-order valence-electron chi connectivity index (χ0n) is 12.8. The number of hydrogen-bond acceptors (Lipinski definition) is 2. The average Bonchev–Trinajstić information content (AvgIpc) is 2.37. The van der Waals surface area contributed by atoms with Gasteiger partial charge >= 0.3 is 0 Å². The Labute approximate surface area is 116 Å². The van der Waals surface area contributed by atoms with Gasteiger partial charge in [-0.1, -0.05) is 58.9 Å². The van der Waals surface area contributed by atoms with Gasteiger partial charge in [-0.25, -0.2) is 0 Å². The van der Waals surface area contributed by atoms with E-state index in [0.29, 0.717) is 19.3 Å². The van der Waals surface area contributed by atoms with E-state index in [1.54, 1.807) is 0 Å². The lowest BCUT2D eigenvalue weighted by molar-refractivity contribution is -0.137. The summed E-state index contributed by atoms with van der Waals surface area (Å²) in [6, 6.07) is 8.12. The molecule has 0 aromatic heterocycles. The molecule has 19 heavy (non-hydrogen) atoms. The standard InChI is InChI=1S/C17H26O2/c1-6-17(19,7-2)15(18)12-13-8-10-14(11-9-13)16(3,4)5/h8-11,19H,6-7,12H2,1-5H3. The molecule has 0 bridgehead atoms. The van der Waals surface area contributed by atoms with Crippen LogP contribution in [0.2, 0.25) is 0 Å². The molecule has 1 rings (SSSR count). The molecule has 2 heteroatoms. The van der Waals surface area contributed by atoms with Crippen LogP contribution in [-0.2, 0) is 16.6 Å². The van der Waals surface area contributed by atoms with Crippen LogP contribution >= 0.6 is 0 Å². The number of ketones is 1. The summed E-state index contributed by atoms with van der Waals surface area (Å²) in [7, 11) is 0. The van der Waals surface area contributed by atoms with Crippen molar-refractivity contribution >= 4 is 5.78 Å². The maximum Gasteiger partial charge on any atom is 0.168 e. The van der Waals surface area contributed by atoms with Crippen molar-refractivity contribution in [3.8, 4) is 0 Å². The highest BCUT2D eigenvalue weighted by Gasteiger charge is 2.31. The lowest BCUT2D eigenvalue weighted by Gasteiger charge is -2.24. The van der Waals surface area contributed by atoms with Crippen LogP contribution in [0.1, 0.15) is 58.6 Å². The Morgan fingerprint density at radius 1 is 1.05 bits per heavy atom. The van der Waals surface area contributed by atoms with Crippen molar-refractivity contribution in [3.05, 3.63) is 35.4 Å². The van der Waals surface area contributed by atoms with Gasteiger partial charge in [-0.05, 0) is 29.4 Å². The van der Waals surface area contributed by atoms with Crippen LogP contribution in [0.3, 0.4) is 0 Å². The molecule has 0 aliphatic rings.